The summed E-state index contributed by atoms with van der Waals surface area (Å²) < 4.78 is 0.870. The van der Waals surface area contributed by atoms with Gasteiger partial charge in [-0.1, -0.05) is 31.2 Å². The summed E-state index contributed by atoms with van der Waals surface area (Å²) in [5.41, 5.74) is 8.32. The third kappa shape index (κ3) is 2.62. The van der Waals surface area contributed by atoms with Crippen molar-refractivity contribution in [1.82, 2.24) is 4.98 Å². The van der Waals surface area contributed by atoms with E-state index in [1.165, 1.54) is 27.3 Å². The van der Waals surface area contributed by atoms with E-state index in [0.717, 1.165) is 17.4 Å². The van der Waals surface area contributed by atoms with Crippen LogP contribution in [0.5, 0.6) is 0 Å². The van der Waals surface area contributed by atoms with Crippen LogP contribution in [0.3, 0.4) is 0 Å². The van der Waals surface area contributed by atoms with Gasteiger partial charge in [0.05, 0.1) is 0 Å². The number of thiazole rings is 1. The topological polar surface area (TPSA) is 38.9 Å². The third-order valence-corrected chi connectivity index (χ3v) is 4.27. The van der Waals surface area contributed by atoms with Crippen molar-refractivity contribution in [3.63, 3.8) is 0 Å². The minimum Gasteiger partial charge on any atom is -0.375 e. The molecule has 0 fully saturated rings. The lowest BCUT2D eigenvalue weighted by Gasteiger charge is -2.01. The first-order valence-corrected chi connectivity index (χ1v) is 6.78. The molecular weight excluding hydrogens is 284 g/mol. The van der Waals surface area contributed by atoms with Crippen LogP contribution < -0.4 is 5.73 Å². The van der Waals surface area contributed by atoms with E-state index in [9.17, 15) is 0 Å². The summed E-state index contributed by atoms with van der Waals surface area (Å²) in [6.45, 7) is 2.16. The van der Waals surface area contributed by atoms with Crippen LogP contribution in [-0.2, 0) is 12.8 Å². The van der Waals surface area contributed by atoms with E-state index < -0.39 is 0 Å². The molecular formula is C12H13BrN2S. The monoisotopic (exact) mass is 296 g/mol. The number of benzene rings is 1. The Morgan fingerprint density at radius 2 is 1.88 bits per heavy atom. The summed E-state index contributed by atoms with van der Waals surface area (Å²) in [7, 11) is 0. The molecule has 16 heavy (non-hydrogen) atoms. The van der Waals surface area contributed by atoms with Gasteiger partial charge in [-0.25, -0.2) is 4.98 Å². The van der Waals surface area contributed by atoms with E-state index in [0.29, 0.717) is 5.13 Å². The van der Waals surface area contributed by atoms with Gasteiger partial charge in [-0.2, -0.15) is 0 Å². The second-order valence-corrected chi connectivity index (χ2v) is 5.48. The average molecular weight is 297 g/mol. The summed E-state index contributed by atoms with van der Waals surface area (Å²) in [5, 5.41) is 0.618. The van der Waals surface area contributed by atoms with Crippen LogP contribution in [-0.4, -0.2) is 4.98 Å². The highest BCUT2D eigenvalue weighted by molar-refractivity contribution is 9.10. The molecule has 0 radical (unpaired) electrons. The number of aromatic nitrogens is 1. The SMILES string of the molecule is CCc1ccc(Cc2sc(N)nc2Br)cc1. The number of hydrogen-bond donors (Lipinski definition) is 1. The maximum atomic E-state index is 5.66. The summed E-state index contributed by atoms with van der Waals surface area (Å²) >= 11 is 4.96. The molecule has 4 heteroatoms. The number of nitrogens with two attached hydrogens (primary N) is 1. The predicted octanol–water partition coefficient (Wildman–Crippen LogP) is 3.64. The molecule has 0 aliphatic rings. The van der Waals surface area contributed by atoms with E-state index in [1.807, 2.05) is 0 Å². The summed E-state index contributed by atoms with van der Waals surface area (Å²) in [5.74, 6) is 0. The maximum Gasteiger partial charge on any atom is 0.181 e. The van der Waals surface area contributed by atoms with E-state index >= 15 is 0 Å². The number of hydrogen-bond acceptors (Lipinski definition) is 3. The zero-order valence-corrected chi connectivity index (χ0v) is 11.4. The van der Waals surface area contributed by atoms with Crippen molar-refractivity contribution in [1.29, 1.82) is 0 Å². The van der Waals surface area contributed by atoms with Crippen molar-refractivity contribution in [3.05, 3.63) is 44.9 Å². The Morgan fingerprint density at radius 1 is 1.25 bits per heavy atom. The van der Waals surface area contributed by atoms with Crippen LogP contribution >= 0.6 is 27.3 Å². The Balaban J connectivity index is 2.17. The summed E-state index contributed by atoms with van der Waals surface area (Å²) in [4.78, 5) is 5.34. The van der Waals surface area contributed by atoms with Gasteiger partial charge >= 0.3 is 0 Å². The van der Waals surface area contributed by atoms with E-state index in [2.05, 4.69) is 52.1 Å². The molecule has 0 spiro atoms. The number of rotatable bonds is 3. The van der Waals surface area contributed by atoms with E-state index in [-0.39, 0.29) is 0 Å². The summed E-state index contributed by atoms with van der Waals surface area (Å²) in [6.07, 6.45) is 1.97. The number of halogens is 1. The zero-order valence-electron chi connectivity index (χ0n) is 9.03. The lowest BCUT2D eigenvalue weighted by Crippen LogP contribution is -1.87. The molecule has 1 heterocycles. The molecule has 0 unspecified atom stereocenters. The van der Waals surface area contributed by atoms with Crippen LogP contribution in [0.1, 0.15) is 22.9 Å². The van der Waals surface area contributed by atoms with Crippen molar-refractivity contribution >= 4 is 32.4 Å². The lowest BCUT2D eigenvalue weighted by atomic mass is 10.1. The van der Waals surface area contributed by atoms with Gasteiger partial charge in [0.15, 0.2) is 5.13 Å². The van der Waals surface area contributed by atoms with Gasteiger partial charge in [0.25, 0.3) is 0 Å². The van der Waals surface area contributed by atoms with Crippen LogP contribution in [0.15, 0.2) is 28.9 Å². The van der Waals surface area contributed by atoms with Gasteiger partial charge in [-0.3, -0.25) is 0 Å². The van der Waals surface area contributed by atoms with Crippen molar-refractivity contribution in [2.75, 3.05) is 5.73 Å². The quantitative estimate of drug-likeness (QED) is 0.939. The predicted molar refractivity (Wildman–Crippen MR) is 72.9 cm³/mol. The molecule has 2 N–H and O–H groups in total. The van der Waals surface area contributed by atoms with E-state index in [1.54, 1.807) is 0 Å². The Kier molecular flexibility index (Phi) is 3.61. The molecule has 0 amide bonds. The second-order valence-electron chi connectivity index (χ2n) is 3.61. The van der Waals surface area contributed by atoms with Crippen molar-refractivity contribution in [2.45, 2.75) is 19.8 Å². The minimum absolute atomic E-state index is 0.618. The van der Waals surface area contributed by atoms with Gasteiger partial charge < -0.3 is 5.73 Å². The van der Waals surface area contributed by atoms with E-state index in [4.69, 9.17) is 5.73 Å². The van der Waals surface area contributed by atoms with Crippen molar-refractivity contribution < 1.29 is 0 Å². The molecule has 2 aromatic rings. The first-order valence-electron chi connectivity index (χ1n) is 5.17. The molecule has 0 aliphatic carbocycles. The van der Waals surface area contributed by atoms with Crippen LogP contribution in [0.2, 0.25) is 0 Å². The molecule has 2 rings (SSSR count). The molecule has 0 atom stereocenters. The number of anilines is 1. The third-order valence-electron chi connectivity index (χ3n) is 2.46. The van der Waals surface area contributed by atoms with Crippen molar-refractivity contribution in [2.24, 2.45) is 0 Å². The number of nitrogen functional groups attached to an aromatic ring is 1. The van der Waals surface area contributed by atoms with Crippen LogP contribution in [0.4, 0.5) is 5.13 Å². The Hall–Kier alpha value is -0.870. The number of nitrogens with zero attached hydrogens (tertiary/aromatic N) is 1. The molecule has 0 aliphatic heterocycles. The Labute approximate surface area is 108 Å². The van der Waals surface area contributed by atoms with Gasteiger partial charge in [0.2, 0.25) is 0 Å². The lowest BCUT2D eigenvalue weighted by molar-refractivity contribution is 1.12. The fraction of sp³-hybridized carbons (Fsp3) is 0.250. The normalized spacial score (nSPS) is 10.6. The molecule has 0 bridgehead atoms. The fourth-order valence-electron chi connectivity index (χ4n) is 1.54. The molecule has 0 saturated heterocycles. The largest absolute Gasteiger partial charge is 0.375 e. The highest BCUT2D eigenvalue weighted by atomic mass is 79.9. The minimum atomic E-state index is 0.618. The molecule has 0 saturated carbocycles. The zero-order chi connectivity index (χ0) is 11.5. The van der Waals surface area contributed by atoms with Gasteiger partial charge in [-0.15, -0.1) is 11.3 Å². The Morgan fingerprint density at radius 3 is 2.38 bits per heavy atom. The van der Waals surface area contributed by atoms with Gasteiger partial charge in [0.1, 0.15) is 4.60 Å². The Bertz CT molecular complexity index is 476. The van der Waals surface area contributed by atoms with Crippen LogP contribution in [0, 0.1) is 0 Å². The van der Waals surface area contributed by atoms with Gasteiger partial charge in [0, 0.05) is 11.3 Å². The average Bonchev–Trinajstić information content (AvgIpc) is 2.59. The number of aryl methyl sites for hydroxylation is 1. The van der Waals surface area contributed by atoms with Crippen LogP contribution in [0.25, 0.3) is 0 Å². The highest BCUT2D eigenvalue weighted by Gasteiger charge is 2.07. The molecule has 84 valence electrons. The molecule has 2 nitrogen and oxygen atoms in total. The maximum absolute atomic E-state index is 5.66. The second kappa shape index (κ2) is 4.97. The van der Waals surface area contributed by atoms with Crippen molar-refractivity contribution in [3.8, 4) is 0 Å². The molecule has 1 aromatic carbocycles. The standard InChI is InChI=1S/C12H13BrN2S/c1-2-8-3-5-9(6-4-8)7-10-11(13)15-12(14)16-10/h3-6H,2,7H2,1H3,(H2,14,15). The smallest absolute Gasteiger partial charge is 0.181 e. The molecule has 1 aromatic heterocycles. The highest BCUT2D eigenvalue weighted by Crippen LogP contribution is 2.27. The first-order chi connectivity index (χ1) is 7.69. The van der Waals surface area contributed by atoms with Gasteiger partial charge in [-0.05, 0) is 33.5 Å². The fourth-order valence-corrected chi connectivity index (χ4v) is 2.99. The summed E-state index contributed by atoms with van der Waals surface area (Å²) in [6, 6.07) is 8.68. The first kappa shape index (κ1) is 11.6.